The molecule has 6 nitrogen and oxygen atoms in total. The molecule has 2 heterocycles. The lowest BCUT2D eigenvalue weighted by atomic mass is 9.98. The van der Waals surface area contributed by atoms with Crippen molar-refractivity contribution in [2.75, 3.05) is 31.6 Å². The Hall–Kier alpha value is -4.24. The highest BCUT2D eigenvalue weighted by molar-refractivity contribution is 6.09. The molecule has 1 N–H and O–H groups in total. The van der Waals surface area contributed by atoms with Gasteiger partial charge in [0.2, 0.25) is 0 Å². The van der Waals surface area contributed by atoms with Crippen LogP contribution < -0.4 is 5.32 Å². The van der Waals surface area contributed by atoms with E-state index >= 15 is 0 Å². The van der Waals surface area contributed by atoms with Crippen LogP contribution in [-0.2, 0) is 10.9 Å². The van der Waals surface area contributed by atoms with Crippen molar-refractivity contribution in [3.05, 3.63) is 95.7 Å². The summed E-state index contributed by atoms with van der Waals surface area (Å²) < 4.78 is 44.1. The number of amides is 2. The molecule has 0 spiro atoms. The molecule has 1 aromatic heterocycles. The van der Waals surface area contributed by atoms with Crippen LogP contribution in [0.4, 0.5) is 18.9 Å². The van der Waals surface area contributed by atoms with Crippen molar-refractivity contribution in [1.29, 1.82) is 0 Å². The number of aromatic nitrogens is 1. The summed E-state index contributed by atoms with van der Waals surface area (Å²) >= 11 is 0. The van der Waals surface area contributed by atoms with Gasteiger partial charge < -0.3 is 15.0 Å². The third-order valence-electron chi connectivity index (χ3n) is 6.18. The predicted molar refractivity (Wildman–Crippen MR) is 133 cm³/mol. The Kier molecular flexibility index (Phi) is 6.62. The summed E-state index contributed by atoms with van der Waals surface area (Å²) in [5, 5.41) is 3.59. The third-order valence-corrected chi connectivity index (χ3v) is 6.18. The predicted octanol–water partition coefficient (Wildman–Crippen LogP) is 5.65. The smallest absolute Gasteiger partial charge is 0.378 e. The summed E-state index contributed by atoms with van der Waals surface area (Å²) in [6, 6.07) is 18.4. The van der Waals surface area contributed by atoms with Crippen molar-refractivity contribution in [2.24, 2.45) is 0 Å². The lowest BCUT2D eigenvalue weighted by Gasteiger charge is -2.26. The van der Waals surface area contributed by atoms with Gasteiger partial charge in [-0.05, 0) is 47.5 Å². The van der Waals surface area contributed by atoms with Gasteiger partial charge in [0.05, 0.1) is 29.9 Å². The van der Waals surface area contributed by atoms with Crippen LogP contribution in [0.15, 0.2) is 79.0 Å². The number of benzene rings is 3. The number of carbonyl (C=O) groups is 2. The van der Waals surface area contributed by atoms with Crippen molar-refractivity contribution in [2.45, 2.75) is 6.18 Å². The highest BCUT2D eigenvalue weighted by atomic mass is 19.4. The van der Waals surface area contributed by atoms with Gasteiger partial charge in [-0.2, -0.15) is 13.2 Å². The zero-order valence-electron chi connectivity index (χ0n) is 19.6. The second-order valence-corrected chi connectivity index (χ2v) is 8.61. The normalized spacial score (nSPS) is 14.0. The Morgan fingerprint density at radius 1 is 0.919 bits per heavy atom. The SMILES string of the molecule is O=C(Nc1ccc2cc(C(=O)N3CCOCC3)cnc2c1)c1ccccc1-c1ccc(C(F)(F)F)cc1. The monoisotopic (exact) mass is 505 g/mol. The van der Waals surface area contributed by atoms with E-state index in [4.69, 9.17) is 4.74 Å². The molecule has 5 rings (SSSR count). The molecule has 37 heavy (non-hydrogen) atoms. The van der Waals surface area contributed by atoms with Gasteiger partial charge in [-0.1, -0.05) is 36.4 Å². The van der Waals surface area contributed by atoms with E-state index in [-0.39, 0.29) is 5.91 Å². The maximum absolute atomic E-state index is 13.1. The van der Waals surface area contributed by atoms with Gasteiger partial charge in [0.25, 0.3) is 11.8 Å². The quantitative estimate of drug-likeness (QED) is 0.389. The molecule has 0 saturated carbocycles. The summed E-state index contributed by atoms with van der Waals surface area (Å²) in [5.74, 6) is -0.510. The summed E-state index contributed by atoms with van der Waals surface area (Å²) in [4.78, 5) is 32.0. The summed E-state index contributed by atoms with van der Waals surface area (Å²) in [6.07, 6.45) is -2.91. The minimum Gasteiger partial charge on any atom is -0.378 e. The van der Waals surface area contributed by atoms with Crippen LogP contribution in [0.5, 0.6) is 0 Å². The molecule has 1 aliphatic heterocycles. The van der Waals surface area contributed by atoms with Crippen LogP contribution in [0.3, 0.4) is 0 Å². The fraction of sp³-hybridized carbons (Fsp3) is 0.179. The van der Waals surface area contributed by atoms with Gasteiger partial charge >= 0.3 is 6.18 Å². The average molecular weight is 505 g/mol. The zero-order chi connectivity index (χ0) is 26.0. The van der Waals surface area contributed by atoms with Gasteiger partial charge in [-0.25, -0.2) is 0 Å². The molecule has 2 amide bonds. The highest BCUT2D eigenvalue weighted by Crippen LogP contribution is 2.32. The Bertz CT molecular complexity index is 1460. The third kappa shape index (κ3) is 5.31. The first-order valence-corrected chi connectivity index (χ1v) is 11.6. The van der Waals surface area contributed by atoms with E-state index in [1.165, 1.54) is 18.3 Å². The molecular weight excluding hydrogens is 483 g/mol. The first kappa shape index (κ1) is 24.5. The molecule has 0 unspecified atom stereocenters. The van der Waals surface area contributed by atoms with E-state index in [1.54, 1.807) is 53.4 Å². The second kappa shape index (κ2) is 10.0. The van der Waals surface area contributed by atoms with Crippen LogP contribution in [0, 0.1) is 0 Å². The number of nitrogens with zero attached hydrogens (tertiary/aromatic N) is 2. The molecule has 1 saturated heterocycles. The van der Waals surface area contributed by atoms with Gasteiger partial charge in [0.15, 0.2) is 0 Å². The Morgan fingerprint density at radius 2 is 1.65 bits per heavy atom. The number of rotatable bonds is 4. The van der Waals surface area contributed by atoms with Gasteiger partial charge in [0.1, 0.15) is 0 Å². The largest absolute Gasteiger partial charge is 0.416 e. The standard InChI is InChI=1S/C28H22F3N3O3/c29-28(30,31)21-8-5-18(6-9-21)23-3-1-2-4-24(23)26(35)33-22-10-7-19-15-20(17-32-25(19)16-22)27(36)34-11-13-37-14-12-34/h1-10,15-17H,11-14H2,(H,33,35). The summed E-state index contributed by atoms with van der Waals surface area (Å²) in [5.41, 5.74) is 2.16. The first-order chi connectivity index (χ1) is 17.8. The van der Waals surface area contributed by atoms with E-state index in [9.17, 15) is 22.8 Å². The maximum atomic E-state index is 13.1. The fourth-order valence-corrected chi connectivity index (χ4v) is 4.24. The van der Waals surface area contributed by atoms with Crippen LogP contribution in [-0.4, -0.2) is 48.0 Å². The number of hydrogen-bond donors (Lipinski definition) is 1. The van der Waals surface area contributed by atoms with Crippen LogP contribution in [0.2, 0.25) is 0 Å². The highest BCUT2D eigenvalue weighted by Gasteiger charge is 2.30. The number of fused-ring (bicyclic) bond motifs is 1. The molecule has 1 aliphatic rings. The minimum absolute atomic E-state index is 0.102. The molecule has 4 aromatic rings. The first-order valence-electron chi connectivity index (χ1n) is 11.6. The van der Waals surface area contributed by atoms with Crippen molar-refractivity contribution in [3.8, 4) is 11.1 Å². The lowest BCUT2D eigenvalue weighted by molar-refractivity contribution is -0.137. The van der Waals surface area contributed by atoms with E-state index in [0.29, 0.717) is 59.8 Å². The maximum Gasteiger partial charge on any atom is 0.416 e. The minimum atomic E-state index is -4.43. The lowest BCUT2D eigenvalue weighted by Crippen LogP contribution is -2.40. The molecule has 0 bridgehead atoms. The summed E-state index contributed by atoms with van der Waals surface area (Å²) in [7, 11) is 0. The number of nitrogens with one attached hydrogen (secondary N) is 1. The van der Waals surface area contributed by atoms with Gasteiger partial charge in [-0.3, -0.25) is 14.6 Å². The fourth-order valence-electron chi connectivity index (χ4n) is 4.24. The number of pyridine rings is 1. The Labute approximate surface area is 210 Å². The molecule has 0 atom stereocenters. The molecule has 0 aliphatic carbocycles. The molecule has 0 radical (unpaired) electrons. The van der Waals surface area contributed by atoms with Crippen molar-refractivity contribution in [3.63, 3.8) is 0 Å². The van der Waals surface area contributed by atoms with Gasteiger partial charge in [0, 0.05) is 35.9 Å². The average Bonchev–Trinajstić information content (AvgIpc) is 2.92. The van der Waals surface area contributed by atoms with Crippen molar-refractivity contribution in [1.82, 2.24) is 9.88 Å². The molecule has 1 fully saturated rings. The number of morpholine rings is 1. The number of ether oxygens (including phenoxy) is 1. The van der Waals surface area contributed by atoms with E-state index in [0.717, 1.165) is 17.5 Å². The summed E-state index contributed by atoms with van der Waals surface area (Å²) in [6.45, 7) is 2.10. The van der Waals surface area contributed by atoms with E-state index in [1.807, 2.05) is 0 Å². The van der Waals surface area contributed by atoms with E-state index < -0.39 is 17.6 Å². The van der Waals surface area contributed by atoms with Crippen molar-refractivity contribution >= 4 is 28.4 Å². The number of anilines is 1. The van der Waals surface area contributed by atoms with Crippen LogP contribution in [0.25, 0.3) is 22.0 Å². The zero-order valence-corrected chi connectivity index (χ0v) is 19.6. The topological polar surface area (TPSA) is 71.5 Å². The second-order valence-electron chi connectivity index (χ2n) is 8.61. The van der Waals surface area contributed by atoms with Crippen molar-refractivity contribution < 1.29 is 27.5 Å². The van der Waals surface area contributed by atoms with E-state index in [2.05, 4.69) is 10.3 Å². The van der Waals surface area contributed by atoms with Crippen LogP contribution >= 0.6 is 0 Å². The number of halogens is 3. The number of carbonyl (C=O) groups excluding carboxylic acids is 2. The Morgan fingerprint density at radius 3 is 2.38 bits per heavy atom. The van der Waals surface area contributed by atoms with Crippen LogP contribution in [0.1, 0.15) is 26.3 Å². The molecule has 3 aromatic carbocycles. The Balaban J connectivity index is 1.36. The number of alkyl halides is 3. The number of hydrogen-bond acceptors (Lipinski definition) is 4. The molecule has 188 valence electrons. The molecule has 9 heteroatoms. The van der Waals surface area contributed by atoms with Gasteiger partial charge in [-0.15, -0.1) is 0 Å². The molecular formula is C28H22F3N3O3.